The number of hydrogen-bond acceptors (Lipinski definition) is 3. The lowest BCUT2D eigenvalue weighted by atomic mass is 9.84. The number of rotatable bonds is 10. The van der Waals surface area contributed by atoms with E-state index in [9.17, 15) is 5.11 Å². The van der Waals surface area contributed by atoms with Gasteiger partial charge in [-0.2, -0.15) is 0 Å². The molecule has 0 saturated carbocycles. The lowest BCUT2D eigenvalue weighted by molar-refractivity contribution is 0.475. The molecule has 0 bridgehead atoms. The Balaban J connectivity index is 1.76. The number of phenolic OH excluding ortho intramolecular Hbond substituents is 1. The minimum absolute atomic E-state index is 0.261. The van der Waals surface area contributed by atoms with E-state index in [0.29, 0.717) is 0 Å². The molecule has 0 spiro atoms. The van der Waals surface area contributed by atoms with Gasteiger partial charge < -0.3 is 5.11 Å². The summed E-state index contributed by atoms with van der Waals surface area (Å²) in [6.07, 6.45) is 7.92. The molecular weight excluding hydrogens is 613 g/mol. The predicted molar refractivity (Wildman–Crippen MR) is 215 cm³/mol. The van der Waals surface area contributed by atoms with Crippen LogP contribution in [0.3, 0.4) is 0 Å². The van der Waals surface area contributed by atoms with Gasteiger partial charge in [-0.15, -0.1) is 0 Å². The van der Waals surface area contributed by atoms with Crippen LogP contribution in [-0.2, 0) is 0 Å². The molecule has 2 heterocycles. The summed E-state index contributed by atoms with van der Waals surface area (Å²) in [6, 6.07) is 25.2. The number of pyridine rings is 2. The van der Waals surface area contributed by atoms with Gasteiger partial charge in [0.2, 0.25) is 0 Å². The molecule has 0 radical (unpaired) electrons. The van der Waals surface area contributed by atoms with Gasteiger partial charge in [-0.25, -0.2) is 9.15 Å². The van der Waals surface area contributed by atoms with Crippen molar-refractivity contribution >= 4 is 35.4 Å². The van der Waals surface area contributed by atoms with Crippen molar-refractivity contribution in [2.24, 2.45) is 0 Å². The molecule has 0 aliphatic heterocycles. The van der Waals surface area contributed by atoms with Crippen molar-refractivity contribution in [1.82, 2.24) is 19.1 Å². The molecule has 5 aromatic rings. The first-order valence-corrected chi connectivity index (χ1v) is 18.1. The van der Waals surface area contributed by atoms with Crippen LogP contribution in [0.1, 0.15) is 121 Å². The van der Waals surface area contributed by atoms with Crippen LogP contribution in [0, 0.1) is 6.92 Å². The van der Waals surface area contributed by atoms with Crippen LogP contribution in [0.15, 0.2) is 85.2 Å². The van der Waals surface area contributed by atoms with Crippen LogP contribution in [0.4, 0.5) is 23.0 Å². The third-order valence-electron chi connectivity index (χ3n) is 9.63. The number of aromatic hydroxyl groups is 1. The predicted octanol–water partition coefficient (Wildman–Crippen LogP) is 12.2. The van der Waals surface area contributed by atoms with Crippen LogP contribution in [-0.4, -0.2) is 27.5 Å². The van der Waals surface area contributed by atoms with Crippen LogP contribution < -0.4 is 9.15 Å². The highest BCUT2D eigenvalue weighted by atomic mass is 16.3. The Kier molecular flexibility index (Phi) is 11.2. The van der Waals surface area contributed by atoms with Gasteiger partial charge in [0, 0.05) is 34.4 Å². The Morgan fingerprint density at radius 1 is 0.540 bits per heavy atom. The van der Waals surface area contributed by atoms with Gasteiger partial charge in [0.25, 0.3) is 0 Å². The summed E-state index contributed by atoms with van der Waals surface area (Å²) < 4.78 is 4.44. The molecule has 0 saturated heterocycles. The second-order valence-electron chi connectivity index (χ2n) is 14.4. The average Bonchev–Trinajstić information content (AvgIpc) is 3.10. The standard InChI is InChI=1S/C45H53N4O/c1-12-48(42-18-14-16-20-46-42)44-36(28(3)4)22-33(23-37(44)29(5)6)40-26-35(50)27-41(32(40)11)34-24-38(30(7)8)45(39(25-34)31(9)10)49(13-2)43-19-15-17-21-47-43/h12-31H,1-11H3/q+1/p+1. The van der Waals surface area contributed by atoms with E-state index >= 15 is 0 Å². The minimum atomic E-state index is 0.261. The van der Waals surface area contributed by atoms with Crippen LogP contribution in [0.25, 0.3) is 22.3 Å². The monoisotopic (exact) mass is 666 g/mol. The highest BCUT2D eigenvalue weighted by Crippen LogP contribution is 2.45. The molecule has 5 nitrogen and oxygen atoms in total. The maximum absolute atomic E-state index is 11.4. The largest absolute Gasteiger partial charge is 0.508 e. The van der Waals surface area contributed by atoms with E-state index in [2.05, 4.69) is 134 Å². The summed E-state index contributed by atoms with van der Waals surface area (Å²) in [4.78, 5) is 9.42. The van der Waals surface area contributed by atoms with E-state index < -0.39 is 0 Å². The Morgan fingerprint density at radius 3 is 1.14 bits per heavy atom. The quantitative estimate of drug-likeness (QED) is 0.119. The Hall–Kier alpha value is -4.90. The summed E-state index contributed by atoms with van der Waals surface area (Å²) in [6.45, 7) is 24.4. The molecule has 0 aliphatic rings. The lowest BCUT2D eigenvalue weighted by Gasteiger charge is -2.23. The molecule has 0 aliphatic carbocycles. The molecule has 2 aromatic heterocycles. The molecule has 0 atom stereocenters. The lowest BCUT2D eigenvalue weighted by Crippen LogP contribution is -2.13. The highest BCUT2D eigenvalue weighted by molar-refractivity contribution is 5.85. The third-order valence-corrected chi connectivity index (χ3v) is 9.63. The number of nitrogens with zero attached hydrogens (tertiary/aromatic N) is 4. The van der Waals surface area contributed by atoms with Gasteiger partial charge in [0.05, 0.1) is 12.4 Å². The van der Waals surface area contributed by atoms with E-state index in [-0.39, 0.29) is 29.4 Å². The maximum Gasteiger partial charge on any atom is 0.327 e. The molecular formula is C45H54N4O+2. The molecule has 258 valence electrons. The van der Waals surface area contributed by atoms with Gasteiger partial charge in [0.1, 0.15) is 29.5 Å². The van der Waals surface area contributed by atoms with E-state index in [1.165, 1.54) is 33.6 Å². The number of phenols is 1. The smallest absolute Gasteiger partial charge is 0.327 e. The van der Waals surface area contributed by atoms with Crippen molar-refractivity contribution in [2.75, 3.05) is 0 Å². The van der Waals surface area contributed by atoms with Gasteiger partial charge >= 0.3 is 11.6 Å². The molecule has 3 aromatic carbocycles. The van der Waals surface area contributed by atoms with E-state index in [0.717, 1.165) is 39.5 Å². The fraction of sp³-hybridized carbons (Fsp3) is 0.333. The van der Waals surface area contributed by atoms with Crippen LogP contribution >= 0.6 is 0 Å². The molecule has 1 N–H and O–H groups in total. The molecule has 50 heavy (non-hydrogen) atoms. The van der Waals surface area contributed by atoms with Crippen LogP contribution in [0.5, 0.6) is 5.75 Å². The summed E-state index contributed by atoms with van der Waals surface area (Å²) in [5.74, 6) is 3.11. The second-order valence-corrected chi connectivity index (χ2v) is 14.4. The Labute approximate surface area is 299 Å². The van der Waals surface area contributed by atoms with Gasteiger partial charge in [0.15, 0.2) is 0 Å². The van der Waals surface area contributed by atoms with Crippen molar-refractivity contribution in [1.29, 1.82) is 0 Å². The zero-order chi connectivity index (χ0) is 36.3. The van der Waals surface area contributed by atoms with Crippen molar-refractivity contribution in [3.05, 3.63) is 113 Å². The number of benzene rings is 3. The van der Waals surface area contributed by atoms with Gasteiger partial charge in [-0.05, 0) is 131 Å². The minimum Gasteiger partial charge on any atom is -0.508 e. The van der Waals surface area contributed by atoms with E-state index in [1.54, 1.807) is 0 Å². The SMILES string of the molecule is CC=[N+](c1ccccn1)c1c(C(C)C)cc(-c2cc(O)cc(-c3cc(C(C)C)c([N+](=CC)c4ccccn4)c(C(C)C)c3)c2C)cc1C(C)C. The zero-order valence-electron chi connectivity index (χ0n) is 31.8. The normalized spacial score (nSPS) is 12.5. The van der Waals surface area contributed by atoms with Crippen molar-refractivity contribution in [3.8, 4) is 28.0 Å². The Morgan fingerprint density at radius 2 is 0.880 bits per heavy atom. The van der Waals surface area contributed by atoms with Gasteiger partial charge in [-0.3, -0.25) is 0 Å². The maximum atomic E-state index is 11.4. The first-order chi connectivity index (χ1) is 23.9. The summed E-state index contributed by atoms with van der Waals surface area (Å²) in [5, 5.41) is 11.4. The van der Waals surface area contributed by atoms with Gasteiger partial charge in [-0.1, -0.05) is 67.5 Å². The first kappa shape index (κ1) is 36.4. The first-order valence-electron chi connectivity index (χ1n) is 18.1. The zero-order valence-corrected chi connectivity index (χ0v) is 31.8. The van der Waals surface area contributed by atoms with Crippen molar-refractivity contribution in [2.45, 2.75) is 99.8 Å². The number of aromatic nitrogens is 2. The highest BCUT2D eigenvalue weighted by Gasteiger charge is 2.27. The summed E-state index contributed by atoms with van der Waals surface area (Å²) in [5.41, 5.74) is 12.8. The number of hydrogen-bond donors (Lipinski definition) is 1. The second kappa shape index (κ2) is 15.3. The molecule has 0 fully saturated rings. The fourth-order valence-electron chi connectivity index (χ4n) is 7.03. The molecule has 5 rings (SSSR count). The average molecular weight is 667 g/mol. The van der Waals surface area contributed by atoms with Crippen LogP contribution in [0.2, 0.25) is 0 Å². The topological polar surface area (TPSA) is 52.0 Å². The van der Waals surface area contributed by atoms with E-state index in [4.69, 9.17) is 9.97 Å². The fourth-order valence-corrected chi connectivity index (χ4v) is 7.03. The molecule has 0 amide bonds. The Bertz CT molecular complexity index is 1840. The van der Waals surface area contributed by atoms with E-state index in [1.807, 2.05) is 48.8 Å². The third kappa shape index (κ3) is 7.19. The summed E-state index contributed by atoms with van der Waals surface area (Å²) >= 11 is 0. The van der Waals surface area contributed by atoms with Crippen molar-refractivity contribution < 1.29 is 5.11 Å². The molecule has 0 unspecified atom stereocenters. The molecule has 5 heteroatoms. The van der Waals surface area contributed by atoms with Crippen molar-refractivity contribution in [3.63, 3.8) is 0 Å². The summed E-state index contributed by atoms with van der Waals surface area (Å²) in [7, 11) is 0.